The summed E-state index contributed by atoms with van der Waals surface area (Å²) in [5.41, 5.74) is 0.950. The molecule has 0 aromatic carbocycles. The predicted octanol–water partition coefficient (Wildman–Crippen LogP) is 6.01. The molecular weight excluding hydrogens is 665 g/mol. The van der Waals surface area contributed by atoms with E-state index in [-0.39, 0.29) is 49.0 Å². The molecular formula is C27H25F4N5Pt. The molecule has 0 saturated heterocycles. The van der Waals surface area contributed by atoms with E-state index in [1.165, 1.54) is 0 Å². The summed E-state index contributed by atoms with van der Waals surface area (Å²) in [4.78, 5) is 15.8. The van der Waals surface area contributed by atoms with E-state index < -0.39 is 29.2 Å². The maximum absolute atomic E-state index is 14.6. The SMILES string of the molecule is Cn1cc(-c2[c-]cc(F)nc2F)nc1C(C)(C)c1cc(CC(C)(C)C)cc(-c2[c-]cc(F)nc2F)n1.[Pt+2]. The van der Waals surface area contributed by atoms with E-state index in [4.69, 9.17) is 4.98 Å². The quantitative estimate of drug-likeness (QED) is 0.146. The smallest absolute Gasteiger partial charge is 0.346 e. The van der Waals surface area contributed by atoms with Crippen molar-refractivity contribution in [3.8, 4) is 22.5 Å². The zero-order valence-corrected chi connectivity index (χ0v) is 23.4. The van der Waals surface area contributed by atoms with Crippen LogP contribution in [0.2, 0.25) is 0 Å². The van der Waals surface area contributed by atoms with Crippen LogP contribution in [0.25, 0.3) is 22.5 Å². The first-order valence-electron chi connectivity index (χ1n) is 11.3. The van der Waals surface area contributed by atoms with Crippen LogP contribution in [-0.2, 0) is 39.9 Å². The number of imidazole rings is 1. The van der Waals surface area contributed by atoms with Gasteiger partial charge in [-0.25, -0.2) is 17.6 Å². The molecule has 0 aliphatic heterocycles. The van der Waals surface area contributed by atoms with Crippen LogP contribution < -0.4 is 0 Å². The van der Waals surface area contributed by atoms with Gasteiger partial charge >= 0.3 is 21.1 Å². The molecule has 0 spiro atoms. The van der Waals surface area contributed by atoms with E-state index in [1.807, 2.05) is 19.9 Å². The summed E-state index contributed by atoms with van der Waals surface area (Å²) in [5.74, 6) is -3.43. The Morgan fingerprint density at radius 3 is 1.84 bits per heavy atom. The van der Waals surface area contributed by atoms with Gasteiger partial charge in [0.2, 0.25) is 0 Å². The first kappa shape index (κ1) is 28.6. The molecule has 5 nitrogen and oxygen atoms in total. The molecule has 4 heterocycles. The van der Waals surface area contributed by atoms with Crippen LogP contribution in [0.4, 0.5) is 17.6 Å². The molecule has 0 aliphatic carbocycles. The maximum atomic E-state index is 14.6. The fraction of sp³-hybridized carbons (Fsp3) is 0.333. The summed E-state index contributed by atoms with van der Waals surface area (Å²) in [5, 5.41) is 0. The molecule has 4 aromatic heterocycles. The summed E-state index contributed by atoms with van der Waals surface area (Å²) < 4.78 is 57.3. The summed E-state index contributed by atoms with van der Waals surface area (Å²) >= 11 is 0. The van der Waals surface area contributed by atoms with Crippen LogP contribution in [-0.4, -0.2) is 24.5 Å². The number of aromatic nitrogens is 5. The molecule has 0 atom stereocenters. The molecule has 0 unspecified atom stereocenters. The van der Waals surface area contributed by atoms with E-state index >= 15 is 0 Å². The monoisotopic (exact) mass is 690 g/mol. The van der Waals surface area contributed by atoms with Gasteiger partial charge in [0.05, 0.1) is 5.41 Å². The van der Waals surface area contributed by atoms with Crippen molar-refractivity contribution in [3.05, 3.63) is 83.5 Å². The molecule has 0 radical (unpaired) electrons. The topological polar surface area (TPSA) is 56.5 Å². The summed E-state index contributed by atoms with van der Waals surface area (Å²) in [7, 11) is 1.75. The predicted molar refractivity (Wildman–Crippen MR) is 127 cm³/mol. The third-order valence-corrected chi connectivity index (χ3v) is 5.70. The van der Waals surface area contributed by atoms with Crippen molar-refractivity contribution in [2.75, 3.05) is 0 Å². The molecule has 37 heavy (non-hydrogen) atoms. The van der Waals surface area contributed by atoms with E-state index in [9.17, 15) is 17.6 Å². The van der Waals surface area contributed by atoms with Gasteiger partial charge in [0.25, 0.3) is 0 Å². The summed E-state index contributed by atoms with van der Waals surface area (Å²) in [6, 6.07) is 10.7. The van der Waals surface area contributed by atoms with Gasteiger partial charge < -0.3 is 9.55 Å². The van der Waals surface area contributed by atoms with Crippen molar-refractivity contribution in [1.82, 2.24) is 24.5 Å². The zero-order chi connectivity index (χ0) is 26.4. The maximum Gasteiger partial charge on any atom is 2.00 e. The Morgan fingerprint density at radius 2 is 1.32 bits per heavy atom. The van der Waals surface area contributed by atoms with Gasteiger partial charge in [-0.2, -0.15) is 0 Å². The second kappa shape index (κ2) is 10.4. The Balaban J connectivity index is 0.00000380. The molecule has 0 N–H and O–H groups in total. The standard InChI is InChI=1S/C27H25F4N5.Pt/c1-26(2,3)13-15-11-18(16-7-9-21(28)34-23(16)30)32-20(12-15)27(4,5)25-33-19(14-36(25)6)17-8-10-22(29)35-24(17)31;/h9-12,14H,13H2,1-6H3;/q-2;+2. The van der Waals surface area contributed by atoms with Gasteiger partial charge in [0.15, 0.2) is 0 Å². The summed E-state index contributed by atoms with van der Waals surface area (Å²) in [6.45, 7) is 10.0. The number of hydrogen-bond donors (Lipinski definition) is 0. The van der Waals surface area contributed by atoms with Crippen LogP contribution >= 0.6 is 0 Å². The zero-order valence-electron chi connectivity index (χ0n) is 21.2. The number of rotatable bonds is 5. The van der Waals surface area contributed by atoms with Crippen molar-refractivity contribution in [3.63, 3.8) is 0 Å². The minimum Gasteiger partial charge on any atom is -0.346 e. The number of nitrogens with zero attached hydrogens (tertiary/aromatic N) is 5. The second-order valence-corrected chi connectivity index (χ2v) is 10.4. The molecule has 4 rings (SSSR count). The van der Waals surface area contributed by atoms with E-state index in [0.717, 1.165) is 17.7 Å². The van der Waals surface area contributed by atoms with Gasteiger partial charge in [0.1, 0.15) is 29.6 Å². The van der Waals surface area contributed by atoms with Crippen molar-refractivity contribution in [2.45, 2.75) is 46.5 Å². The second-order valence-electron chi connectivity index (χ2n) is 10.4. The van der Waals surface area contributed by atoms with Gasteiger partial charge in [-0.3, -0.25) is 15.0 Å². The van der Waals surface area contributed by atoms with Gasteiger partial charge in [-0.05, 0) is 43.6 Å². The van der Waals surface area contributed by atoms with Crippen LogP contribution in [0, 0.1) is 41.3 Å². The molecule has 0 bridgehead atoms. The first-order chi connectivity index (χ1) is 16.7. The number of aryl methyl sites for hydroxylation is 1. The Morgan fingerprint density at radius 1 is 0.784 bits per heavy atom. The van der Waals surface area contributed by atoms with Crippen LogP contribution in [0.3, 0.4) is 0 Å². The minimum atomic E-state index is -1.01. The third-order valence-electron chi connectivity index (χ3n) is 5.70. The Labute approximate surface area is 227 Å². The van der Waals surface area contributed by atoms with Gasteiger partial charge in [0, 0.05) is 18.4 Å². The fourth-order valence-electron chi connectivity index (χ4n) is 4.14. The molecule has 0 fully saturated rings. The van der Waals surface area contributed by atoms with Gasteiger partial charge in [-0.1, -0.05) is 55.7 Å². The fourth-order valence-corrected chi connectivity index (χ4v) is 4.14. The number of halogens is 4. The third kappa shape index (κ3) is 6.15. The average molecular weight is 691 g/mol. The Bertz CT molecular complexity index is 1440. The Kier molecular flexibility index (Phi) is 8.08. The van der Waals surface area contributed by atoms with Crippen molar-refractivity contribution >= 4 is 0 Å². The van der Waals surface area contributed by atoms with E-state index in [0.29, 0.717) is 17.9 Å². The Hall–Kier alpha value is -2.93. The normalized spacial score (nSPS) is 11.9. The van der Waals surface area contributed by atoms with Crippen LogP contribution in [0.1, 0.15) is 51.7 Å². The van der Waals surface area contributed by atoms with Gasteiger partial charge in [-0.15, -0.1) is 12.1 Å². The van der Waals surface area contributed by atoms with E-state index in [2.05, 4.69) is 47.9 Å². The van der Waals surface area contributed by atoms with Crippen LogP contribution in [0.5, 0.6) is 0 Å². The molecule has 4 aromatic rings. The summed E-state index contributed by atoms with van der Waals surface area (Å²) in [6.07, 6.45) is 2.26. The average Bonchev–Trinajstić information content (AvgIpc) is 3.14. The number of pyridine rings is 3. The molecule has 196 valence electrons. The number of hydrogen-bond acceptors (Lipinski definition) is 4. The molecule has 10 heteroatoms. The van der Waals surface area contributed by atoms with Crippen LogP contribution in [0.15, 0.2) is 30.5 Å². The van der Waals surface area contributed by atoms with Crippen molar-refractivity contribution in [2.24, 2.45) is 12.5 Å². The molecule has 0 aliphatic rings. The van der Waals surface area contributed by atoms with Crippen molar-refractivity contribution in [1.29, 1.82) is 0 Å². The minimum absolute atomic E-state index is 0. The largest absolute Gasteiger partial charge is 2.00 e. The first-order valence-corrected chi connectivity index (χ1v) is 11.3. The molecule has 0 saturated carbocycles. The van der Waals surface area contributed by atoms with E-state index in [1.54, 1.807) is 23.9 Å². The van der Waals surface area contributed by atoms with Crippen molar-refractivity contribution < 1.29 is 38.6 Å². The molecule has 0 amide bonds.